The molecule has 0 saturated heterocycles. The van der Waals surface area contributed by atoms with Crippen LogP contribution in [-0.4, -0.2) is 19.3 Å². The number of aromatic nitrogens is 1. The molecule has 0 bridgehead atoms. The number of hydrogen-bond acceptors (Lipinski definition) is 4. The second-order valence-electron chi connectivity index (χ2n) is 7.10. The van der Waals surface area contributed by atoms with Crippen LogP contribution in [0.1, 0.15) is 21.5 Å². The molecule has 0 atom stereocenters. The molecular formula is C24H20N2O3S. The van der Waals surface area contributed by atoms with Crippen LogP contribution in [0.15, 0.2) is 88.8 Å². The number of anilines is 1. The van der Waals surface area contributed by atoms with Crippen molar-refractivity contribution in [3.8, 4) is 0 Å². The van der Waals surface area contributed by atoms with Gasteiger partial charge in [-0.05, 0) is 49.7 Å². The Morgan fingerprint density at radius 2 is 1.57 bits per heavy atom. The van der Waals surface area contributed by atoms with Crippen molar-refractivity contribution in [1.82, 2.24) is 4.98 Å². The number of aryl methyl sites for hydroxylation is 2. The number of hydrogen-bond donors (Lipinski definition) is 1. The zero-order valence-corrected chi connectivity index (χ0v) is 17.4. The van der Waals surface area contributed by atoms with Gasteiger partial charge in [-0.3, -0.25) is 9.78 Å². The predicted octanol–water partition coefficient (Wildman–Crippen LogP) is 4.94. The number of sulfone groups is 1. The maximum Gasteiger partial charge on any atom is 0.257 e. The van der Waals surface area contributed by atoms with Gasteiger partial charge in [0.1, 0.15) is 0 Å². The van der Waals surface area contributed by atoms with Crippen LogP contribution >= 0.6 is 0 Å². The van der Waals surface area contributed by atoms with Gasteiger partial charge < -0.3 is 5.32 Å². The number of amides is 1. The normalized spacial score (nSPS) is 11.4. The maximum atomic E-state index is 13.3. The molecule has 0 saturated carbocycles. The Labute approximate surface area is 175 Å². The first-order valence-electron chi connectivity index (χ1n) is 9.44. The first kappa shape index (κ1) is 19.8. The van der Waals surface area contributed by atoms with Gasteiger partial charge in [0.2, 0.25) is 9.84 Å². The van der Waals surface area contributed by atoms with E-state index in [4.69, 9.17) is 0 Å². The van der Waals surface area contributed by atoms with Gasteiger partial charge in [-0.1, -0.05) is 48.0 Å². The maximum absolute atomic E-state index is 13.3. The number of rotatable bonds is 4. The van der Waals surface area contributed by atoms with Crippen LogP contribution in [0.3, 0.4) is 0 Å². The van der Waals surface area contributed by atoms with Crippen molar-refractivity contribution in [2.45, 2.75) is 23.6 Å². The Bertz CT molecular complexity index is 1360. The Morgan fingerprint density at radius 1 is 0.867 bits per heavy atom. The molecule has 0 aliphatic rings. The molecule has 150 valence electrons. The van der Waals surface area contributed by atoms with E-state index in [0.29, 0.717) is 16.8 Å². The number of carbonyl (C=O) groups is 1. The van der Waals surface area contributed by atoms with E-state index in [9.17, 15) is 13.2 Å². The van der Waals surface area contributed by atoms with Crippen molar-refractivity contribution in [1.29, 1.82) is 0 Å². The molecule has 1 amide bonds. The summed E-state index contributed by atoms with van der Waals surface area (Å²) in [5.41, 5.74) is 2.84. The molecule has 0 fully saturated rings. The third kappa shape index (κ3) is 3.57. The zero-order chi connectivity index (χ0) is 21.3. The minimum atomic E-state index is -3.87. The highest BCUT2D eigenvalue weighted by Crippen LogP contribution is 2.28. The largest absolute Gasteiger partial charge is 0.320 e. The van der Waals surface area contributed by atoms with E-state index in [1.54, 1.807) is 55.6 Å². The molecule has 0 spiro atoms. The van der Waals surface area contributed by atoms with Crippen LogP contribution in [0.2, 0.25) is 0 Å². The van der Waals surface area contributed by atoms with Gasteiger partial charge >= 0.3 is 0 Å². The van der Waals surface area contributed by atoms with E-state index < -0.39 is 15.7 Å². The molecule has 6 heteroatoms. The van der Waals surface area contributed by atoms with E-state index in [-0.39, 0.29) is 15.4 Å². The van der Waals surface area contributed by atoms with E-state index in [1.165, 1.54) is 6.07 Å². The highest BCUT2D eigenvalue weighted by Gasteiger charge is 2.26. The molecule has 1 heterocycles. The average Bonchev–Trinajstić information content (AvgIpc) is 2.74. The number of nitrogens with one attached hydrogen (secondary N) is 1. The molecule has 4 aromatic rings. The molecular weight excluding hydrogens is 396 g/mol. The minimum absolute atomic E-state index is 0.0166. The summed E-state index contributed by atoms with van der Waals surface area (Å²) in [5, 5.41) is 3.73. The fraction of sp³-hybridized carbons (Fsp3) is 0.0833. The van der Waals surface area contributed by atoms with E-state index in [0.717, 1.165) is 10.9 Å². The number of fused-ring (bicyclic) bond motifs is 1. The Morgan fingerprint density at radius 3 is 2.33 bits per heavy atom. The highest BCUT2D eigenvalue weighted by atomic mass is 32.2. The number of nitrogens with zero attached hydrogens (tertiary/aromatic N) is 1. The molecule has 4 rings (SSSR count). The van der Waals surface area contributed by atoms with E-state index in [2.05, 4.69) is 10.3 Å². The van der Waals surface area contributed by atoms with Crippen LogP contribution in [0.25, 0.3) is 10.9 Å². The minimum Gasteiger partial charge on any atom is -0.320 e. The highest BCUT2D eigenvalue weighted by molar-refractivity contribution is 7.91. The van der Waals surface area contributed by atoms with Gasteiger partial charge in [0.15, 0.2) is 0 Å². The summed E-state index contributed by atoms with van der Waals surface area (Å²) >= 11 is 0. The lowest BCUT2D eigenvalue weighted by Gasteiger charge is -2.14. The summed E-state index contributed by atoms with van der Waals surface area (Å²) < 4.78 is 26.6. The molecule has 1 N–H and O–H groups in total. The van der Waals surface area contributed by atoms with Crippen molar-refractivity contribution in [3.05, 3.63) is 95.7 Å². The third-order valence-corrected chi connectivity index (χ3v) is 6.78. The van der Waals surface area contributed by atoms with Crippen molar-refractivity contribution in [2.75, 3.05) is 5.32 Å². The topological polar surface area (TPSA) is 76.1 Å². The zero-order valence-electron chi connectivity index (χ0n) is 16.6. The predicted molar refractivity (Wildman–Crippen MR) is 118 cm³/mol. The molecule has 0 aliphatic carbocycles. The fourth-order valence-electron chi connectivity index (χ4n) is 3.39. The van der Waals surface area contributed by atoms with Crippen LogP contribution in [0.5, 0.6) is 0 Å². The van der Waals surface area contributed by atoms with Crippen molar-refractivity contribution >= 4 is 32.3 Å². The lowest BCUT2D eigenvalue weighted by atomic mass is 10.1. The summed E-state index contributed by atoms with van der Waals surface area (Å²) in [5.74, 6) is -0.489. The molecule has 5 nitrogen and oxygen atoms in total. The number of pyridine rings is 1. The van der Waals surface area contributed by atoms with Gasteiger partial charge in [0, 0.05) is 11.6 Å². The first-order chi connectivity index (χ1) is 14.4. The van der Waals surface area contributed by atoms with Gasteiger partial charge in [0.25, 0.3) is 5.91 Å². The molecule has 1 aromatic heterocycles. The molecule has 0 aliphatic heterocycles. The molecule has 0 radical (unpaired) electrons. The van der Waals surface area contributed by atoms with Gasteiger partial charge in [-0.25, -0.2) is 8.42 Å². The van der Waals surface area contributed by atoms with Crippen molar-refractivity contribution < 1.29 is 13.2 Å². The number of para-hydroxylation sites is 1. The second kappa shape index (κ2) is 7.72. The third-order valence-electron chi connectivity index (χ3n) is 4.96. The van der Waals surface area contributed by atoms with Crippen LogP contribution in [0, 0.1) is 13.8 Å². The molecule has 0 unspecified atom stereocenters. The summed E-state index contributed by atoms with van der Waals surface area (Å²) in [6.07, 6.45) is 1.65. The second-order valence-corrected chi connectivity index (χ2v) is 9.02. The summed E-state index contributed by atoms with van der Waals surface area (Å²) in [4.78, 5) is 17.7. The van der Waals surface area contributed by atoms with E-state index in [1.807, 2.05) is 31.2 Å². The smallest absolute Gasteiger partial charge is 0.257 e. The summed E-state index contributed by atoms with van der Waals surface area (Å²) in [6.45, 7) is 3.62. The van der Waals surface area contributed by atoms with Crippen LogP contribution < -0.4 is 5.32 Å². The number of benzene rings is 3. The average molecular weight is 417 g/mol. The SMILES string of the molecule is Cc1ccc(S(=O)(=O)c2cccc(C)c2C(=O)Nc2cccc3cccnc23)cc1. The lowest BCUT2D eigenvalue weighted by molar-refractivity contribution is 0.102. The van der Waals surface area contributed by atoms with Crippen molar-refractivity contribution in [2.24, 2.45) is 0 Å². The van der Waals surface area contributed by atoms with Gasteiger partial charge in [0.05, 0.1) is 26.6 Å². The van der Waals surface area contributed by atoms with E-state index >= 15 is 0 Å². The lowest BCUT2D eigenvalue weighted by Crippen LogP contribution is -2.18. The standard InChI is InChI=1S/C24H20N2O3S/c1-16-11-13-19(14-12-16)30(28,29)21-10-3-6-17(2)22(21)24(27)26-20-9-4-7-18-8-5-15-25-23(18)20/h3-15H,1-2H3,(H,26,27). The Kier molecular flexibility index (Phi) is 5.10. The molecule has 30 heavy (non-hydrogen) atoms. The summed E-state index contributed by atoms with van der Waals surface area (Å²) in [7, 11) is -3.87. The fourth-order valence-corrected chi connectivity index (χ4v) is 4.92. The number of carbonyl (C=O) groups excluding carboxylic acids is 1. The Balaban J connectivity index is 1.80. The van der Waals surface area contributed by atoms with Crippen LogP contribution in [-0.2, 0) is 9.84 Å². The Hall–Kier alpha value is -3.51. The monoisotopic (exact) mass is 416 g/mol. The quantitative estimate of drug-likeness (QED) is 0.511. The summed E-state index contributed by atoms with van der Waals surface area (Å²) in [6, 6.07) is 20.6. The van der Waals surface area contributed by atoms with Crippen LogP contribution in [0.4, 0.5) is 5.69 Å². The van der Waals surface area contributed by atoms with Gasteiger partial charge in [-0.2, -0.15) is 0 Å². The van der Waals surface area contributed by atoms with Gasteiger partial charge in [-0.15, -0.1) is 0 Å². The molecule has 3 aromatic carbocycles. The van der Waals surface area contributed by atoms with Crippen molar-refractivity contribution in [3.63, 3.8) is 0 Å². The first-order valence-corrected chi connectivity index (χ1v) is 10.9.